The topological polar surface area (TPSA) is 54.0 Å². The summed E-state index contributed by atoms with van der Waals surface area (Å²) in [7, 11) is 0. The van der Waals surface area contributed by atoms with Gasteiger partial charge in [0.2, 0.25) is 6.79 Å². The smallest absolute Gasteiger partial charge is 0.231 e. The number of ketones is 1. The van der Waals surface area contributed by atoms with Gasteiger partial charge in [0, 0.05) is 12.0 Å². The van der Waals surface area contributed by atoms with E-state index in [-0.39, 0.29) is 0 Å². The second-order valence-corrected chi connectivity index (χ2v) is 6.93. The number of benzene rings is 3. The predicted octanol–water partition coefficient (Wildman–Crippen LogP) is 8.16. The largest absolute Gasteiger partial charge is 0.486 e. The predicted molar refractivity (Wildman–Crippen MR) is 148 cm³/mol. The Bertz CT molecular complexity index is 952. The van der Waals surface area contributed by atoms with Gasteiger partial charge in [0.1, 0.15) is 13.2 Å². The molecule has 0 amide bonds. The van der Waals surface area contributed by atoms with E-state index in [1.807, 2.05) is 114 Å². The number of rotatable bonds is 0. The zero-order valence-corrected chi connectivity index (χ0v) is 22.7. The first kappa shape index (κ1) is 30.6. The molecular formula is C31H42O5. The first-order valence-corrected chi connectivity index (χ1v) is 13.1. The van der Waals surface area contributed by atoms with Crippen molar-refractivity contribution in [3.05, 3.63) is 83.9 Å². The van der Waals surface area contributed by atoms with Crippen molar-refractivity contribution < 1.29 is 23.7 Å². The molecule has 0 unspecified atom stereocenters. The SMILES string of the molecule is CC.CC.CC.O=C1CCCc2ccccc21.c1ccc2c(c1)OCCO2.c1ccc2c(c1)OCO2. The number of aryl methyl sites for hydroxylation is 1. The van der Waals surface area contributed by atoms with Crippen LogP contribution in [0, 0.1) is 0 Å². The number of carbonyl (C=O) groups excluding carboxylic acids is 1. The highest BCUT2D eigenvalue weighted by Crippen LogP contribution is 2.30. The standard InChI is InChI=1S/C10H10O.C8H8O2.C7H6O2.3C2H6/c11-10-7-3-5-8-4-1-2-6-9(8)10;1-2-4-8-7(3-1)9-5-6-10-8;1-2-4-7-6(3-1)8-5-9-7;3*1-2/h1-2,4,6H,3,5,7H2;1-4H,5-6H2;1-4H,5H2;3*1-2H3. The molecule has 0 N–H and O–H groups in total. The van der Waals surface area contributed by atoms with Crippen LogP contribution >= 0.6 is 0 Å². The van der Waals surface area contributed by atoms with E-state index in [4.69, 9.17) is 18.9 Å². The summed E-state index contributed by atoms with van der Waals surface area (Å²) in [5, 5.41) is 0. The average molecular weight is 495 g/mol. The van der Waals surface area contributed by atoms with Gasteiger partial charge in [-0.05, 0) is 42.7 Å². The lowest BCUT2D eigenvalue weighted by Gasteiger charge is -2.17. The first-order chi connectivity index (χ1) is 17.8. The summed E-state index contributed by atoms with van der Waals surface area (Å²) < 4.78 is 20.7. The number of ether oxygens (including phenoxy) is 4. The summed E-state index contributed by atoms with van der Waals surface area (Å²) in [5.74, 6) is 3.71. The molecule has 0 spiro atoms. The molecule has 0 saturated heterocycles. The van der Waals surface area contributed by atoms with Crippen LogP contribution in [-0.2, 0) is 6.42 Å². The molecule has 196 valence electrons. The molecule has 3 aromatic rings. The molecule has 0 bridgehead atoms. The Labute approximate surface area is 217 Å². The summed E-state index contributed by atoms with van der Waals surface area (Å²) in [6, 6.07) is 23.2. The van der Waals surface area contributed by atoms with E-state index in [1.54, 1.807) is 0 Å². The molecule has 2 heterocycles. The van der Waals surface area contributed by atoms with Gasteiger partial charge in [-0.3, -0.25) is 4.79 Å². The van der Waals surface area contributed by atoms with Crippen LogP contribution in [0.1, 0.15) is 70.3 Å². The molecule has 0 aromatic heterocycles. The molecule has 3 aromatic carbocycles. The second kappa shape index (κ2) is 18.8. The molecule has 36 heavy (non-hydrogen) atoms. The van der Waals surface area contributed by atoms with Gasteiger partial charge >= 0.3 is 0 Å². The Morgan fingerprint density at radius 2 is 0.944 bits per heavy atom. The number of para-hydroxylation sites is 4. The zero-order valence-electron chi connectivity index (χ0n) is 22.7. The minimum absolute atomic E-state index is 0.312. The highest BCUT2D eigenvalue weighted by molar-refractivity contribution is 5.98. The van der Waals surface area contributed by atoms with Gasteiger partial charge in [0.15, 0.2) is 28.8 Å². The maximum Gasteiger partial charge on any atom is 0.231 e. The van der Waals surface area contributed by atoms with E-state index < -0.39 is 0 Å². The molecule has 3 aliphatic rings. The lowest BCUT2D eigenvalue weighted by Crippen LogP contribution is -2.14. The van der Waals surface area contributed by atoms with Crippen molar-refractivity contribution in [1.29, 1.82) is 0 Å². The van der Waals surface area contributed by atoms with E-state index in [2.05, 4.69) is 0 Å². The van der Waals surface area contributed by atoms with Crippen molar-refractivity contribution >= 4 is 5.78 Å². The quantitative estimate of drug-likeness (QED) is 0.315. The number of hydrogen-bond acceptors (Lipinski definition) is 5. The molecule has 0 radical (unpaired) electrons. The molecule has 1 aliphatic carbocycles. The number of carbonyl (C=O) groups is 1. The first-order valence-electron chi connectivity index (χ1n) is 13.1. The van der Waals surface area contributed by atoms with Gasteiger partial charge in [0.25, 0.3) is 0 Å². The van der Waals surface area contributed by atoms with E-state index in [1.165, 1.54) is 5.56 Å². The molecule has 5 nitrogen and oxygen atoms in total. The summed E-state index contributed by atoms with van der Waals surface area (Å²) >= 11 is 0. The highest BCUT2D eigenvalue weighted by atomic mass is 16.7. The van der Waals surface area contributed by atoms with Crippen molar-refractivity contribution in [1.82, 2.24) is 0 Å². The van der Waals surface area contributed by atoms with Gasteiger partial charge in [-0.25, -0.2) is 0 Å². The molecule has 6 rings (SSSR count). The van der Waals surface area contributed by atoms with Crippen molar-refractivity contribution in [3.63, 3.8) is 0 Å². The normalized spacial score (nSPS) is 13.0. The molecule has 0 atom stereocenters. The lowest BCUT2D eigenvalue weighted by molar-refractivity contribution is 0.0972. The van der Waals surface area contributed by atoms with Gasteiger partial charge in [0.05, 0.1) is 0 Å². The number of fused-ring (bicyclic) bond motifs is 3. The van der Waals surface area contributed by atoms with E-state index in [0.29, 0.717) is 25.8 Å². The third kappa shape index (κ3) is 9.65. The number of hydrogen-bond donors (Lipinski definition) is 0. The van der Waals surface area contributed by atoms with E-state index >= 15 is 0 Å². The summed E-state index contributed by atoms with van der Waals surface area (Å²) in [4.78, 5) is 11.3. The summed E-state index contributed by atoms with van der Waals surface area (Å²) in [5.41, 5.74) is 2.17. The third-order valence-corrected chi connectivity index (χ3v) is 4.89. The van der Waals surface area contributed by atoms with Gasteiger partial charge in [-0.1, -0.05) is 90.1 Å². The fourth-order valence-corrected chi connectivity index (χ4v) is 3.42. The molecule has 0 saturated carbocycles. The highest BCUT2D eigenvalue weighted by Gasteiger charge is 2.15. The van der Waals surface area contributed by atoms with Crippen molar-refractivity contribution in [2.75, 3.05) is 20.0 Å². The molecule has 2 aliphatic heterocycles. The van der Waals surface area contributed by atoms with Crippen molar-refractivity contribution in [2.24, 2.45) is 0 Å². The lowest BCUT2D eigenvalue weighted by atomic mass is 9.91. The number of Topliss-reactive ketones (excluding diaryl/α,β-unsaturated/α-hetero) is 1. The fraction of sp³-hybridized carbons (Fsp3) is 0.387. The average Bonchev–Trinajstić information content (AvgIpc) is 3.47. The van der Waals surface area contributed by atoms with E-state index in [0.717, 1.165) is 47.8 Å². The Kier molecular flexibility index (Phi) is 16.0. The Morgan fingerprint density at radius 1 is 0.528 bits per heavy atom. The minimum atomic E-state index is 0.312. The van der Waals surface area contributed by atoms with Crippen LogP contribution in [0.25, 0.3) is 0 Å². The third-order valence-electron chi connectivity index (χ3n) is 4.89. The Hall–Kier alpha value is -3.47. The van der Waals surface area contributed by atoms with Crippen LogP contribution in [0.15, 0.2) is 72.8 Å². The van der Waals surface area contributed by atoms with Gasteiger partial charge in [-0.15, -0.1) is 0 Å². The van der Waals surface area contributed by atoms with Gasteiger partial charge in [-0.2, -0.15) is 0 Å². The molecule has 0 fully saturated rings. The van der Waals surface area contributed by atoms with Crippen LogP contribution in [0.2, 0.25) is 0 Å². The minimum Gasteiger partial charge on any atom is -0.486 e. The van der Waals surface area contributed by atoms with Crippen LogP contribution in [0.3, 0.4) is 0 Å². The van der Waals surface area contributed by atoms with Crippen LogP contribution in [0.4, 0.5) is 0 Å². The molecular weight excluding hydrogens is 452 g/mol. The maximum absolute atomic E-state index is 11.3. The Morgan fingerprint density at radius 3 is 1.42 bits per heavy atom. The Balaban J connectivity index is 0.000000245. The monoisotopic (exact) mass is 494 g/mol. The van der Waals surface area contributed by atoms with Crippen molar-refractivity contribution in [3.8, 4) is 23.0 Å². The zero-order chi connectivity index (χ0) is 26.6. The molecule has 5 heteroatoms. The fourth-order valence-electron chi connectivity index (χ4n) is 3.42. The van der Waals surface area contributed by atoms with Crippen LogP contribution in [-0.4, -0.2) is 25.8 Å². The van der Waals surface area contributed by atoms with Crippen molar-refractivity contribution in [2.45, 2.75) is 60.8 Å². The van der Waals surface area contributed by atoms with E-state index in [9.17, 15) is 4.79 Å². The van der Waals surface area contributed by atoms with Crippen LogP contribution in [0.5, 0.6) is 23.0 Å². The summed E-state index contributed by atoms with van der Waals surface area (Å²) in [6.07, 6.45) is 2.83. The summed E-state index contributed by atoms with van der Waals surface area (Å²) in [6.45, 7) is 13.7. The maximum atomic E-state index is 11.3. The second-order valence-electron chi connectivity index (χ2n) is 6.93. The van der Waals surface area contributed by atoms with Crippen LogP contribution < -0.4 is 18.9 Å². The van der Waals surface area contributed by atoms with Gasteiger partial charge < -0.3 is 18.9 Å².